The number of fused-ring (bicyclic) bond motifs is 9. The molecular weight excluding hydrogens is 735 g/mol. The van der Waals surface area contributed by atoms with Crippen molar-refractivity contribution in [2.75, 3.05) is 4.90 Å². The first-order chi connectivity index (χ1) is 29.2. The smallest absolute Gasteiger partial charge is 0.136 e. The minimum Gasteiger partial charge on any atom is -0.456 e. The van der Waals surface area contributed by atoms with Gasteiger partial charge in [-0.3, -0.25) is 0 Å². The molecular formula is C56H35NOS. The van der Waals surface area contributed by atoms with Gasteiger partial charge in [-0.05, 0) is 122 Å². The van der Waals surface area contributed by atoms with Gasteiger partial charge in [0.15, 0.2) is 0 Å². The summed E-state index contributed by atoms with van der Waals surface area (Å²) in [5.74, 6) is 0. The summed E-state index contributed by atoms with van der Waals surface area (Å²) in [4.78, 5) is 2.36. The fraction of sp³-hybridized carbons (Fsp3) is 0. The predicted octanol–water partition coefficient (Wildman–Crippen LogP) is 16.7. The van der Waals surface area contributed by atoms with E-state index in [0.717, 1.165) is 39.0 Å². The van der Waals surface area contributed by atoms with Crippen molar-refractivity contribution < 1.29 is 4.42 Å². The monoisotopic (exact) mass is 769 g/mol. The summed E-state index contributed by atoms with van der Waals surface area (Å²) in [6.07, 6.45) is 0. The number of benzene rings is 10. The van der Waals surface area contributed by atoms with Crippen LogP contribution in [0.3, 0.4) is 0 Å². The third-order valence-electron chi connectivity index (χ3n) is 11.9. The first-order valence-corrected chi connectivity index (χ1v) is 20.9. The van der Waals surface area contributed by atoms with E-state index in [1.807, 2.05) is 11.3 Å². The zero-order valence-electron chi connectivity index (χ0n) is 32.0. The quantitative estimate of drug-likeness (QED) is 0.157. The molecule has 0 N–H and O–H groups in total. The Morgan fingerprint density at radius 1 is 0.322 bits per heavy atom. The zero-order chi connectivity index (χ0) is 38.9. The second-order valence-corrected chi connectivity index (χ2v) is 16.4. The van der Waals surface area contributed by atoms with E-state index in [4.69, 9.17) is 4.42 Å². The summed E-state index contributed by atoms with van der Waals surface area (Å²) >= 11 is 1.85. The minimum atomic E-state index is 0.873. The van der Waals surface area contributed by atoms with Crippen LogP contribution in [0.1, 0.15) is 0 Å². The molecule has 0 saturated heterocycles. The van der Waals surface area contributed by atoms with Gasteiger partial charge in [0, 0.05) is 48.0 Å². The van der Waals surface area contributed by atoms with Crippen LogP contribution in [0.2, 0.25) is 0 Å². The second kappa shape index (κ2) is 13.6. The first-order valence-electron chi connectivity index (χ1n) is 20.1. The Hall–Kier alpha value is -7.46. The fourth-order valence-electron chi connectivity index (χ4n) is 8.95. The van der Waals surface area contributed by atoms with Gasteiger partial charge < -0.3 is 9.32 Å². The Labute approximate surface area is 345 Å². The first kappa shape index (κ1) is 33.7. The molecule has 0 atom stereocenters. The van der Waals surface area contributed by atoms with Crippen LogP contribution in [0.25, 0.3) is 97.0 Å². The molecule has 12 aromatic rings. The lowest BCUT2D eigenvalue weighted by atomic mass is 9.97. The van der Waals surface area contributed by atoms with Crippen LogP contribution >= 0.6 is 11.3 Å². The molecule has 2 aromatic heterocycles. The molecule has 0 spiro atoms. The lowest BCUT2D eigenvalue weighted by Crippen LogP contribution is -2.09. The molecule has 276 valence electrons. The van der Waals surface area contributed by atoms with Gasteiger partial charge in [-0.1, -0.05) is 146 Å². The largest absolute Gasteiger partial charge is 0.456 e. The molecule has 3 heteroatoms. The van der Waals surface area contributed by atoms with Crippen LogP contribution in [0.15, 0.2) is 217 Å². The molecule has 0 fully saturated rings. The van der Waals surface area contributed by atoms with Crippen molar-refractivity contribution in [3.63, 3.8) is 0 Å². The van der Waals surface area contributed by atoms with Crippen molar-refractivity contribution in [3.05, 3.63) is 212 Å². The van der Waals surface area contributed by atoms with Gasteiger partial charge in [0.1, 0.15) is 11.2 Å². The summed E-state index contributed by atoms with van der Waals surface area (Å²) in [7, 11) is 0. The number of anilines is 3. The molecule has 0 aliphatic rings. The van der Waals surface area contributed by atoms with E-state index in [1.165, 1.54) is 75.1 Å². The predicted molar refractivity (Wildman–Crippen MR) is 253 cm³/mol. The van der Waals surface area contributed by atoms with E-state index in [0.29, 0.717) is 0 Å². The summed E-state index contributed by atoms with van der Waals surface area (Å²) in [6, 6.07) is 77.0. The molecule has 2 nitrogen and oxygen atoms in total. The highest BCUT2D eigenvalue weighted by molar-refractivity contribution is 7.25. The molecule has 0 bridgehead atoms. The SMILES string of the molecule is c1ccc(-c2ccc(N(c3ccc(-c4ccc5ccc6ccccc6c5c4)cc3)c3ccc4oc5cccc(-c6ccc7c(c6)sc6ccccc67)c5c4c3)cc2)cc1. The van der Waals surface area contributed by atoms with Gasteiger partial charge >= 0.3 is 0 Å². The van der Waals surface area contributed by atoms with E-state index in [1.54, 1.807) is 0 Å². The van der Waals surface area contributed by atoms with Crippen LogP contribution in [0, 0.1) is 0 Å². The van der Waals surface area contributed by atoms with E-state index < -0.39 is 0 Å². The summed E-state index contributed by atoms with van der Waals surface area (Å²) in [6.45, 7) is 0. The third kappa shape index (κ3) is 5.70. The minimum absolute atomic E-state index is 0.873. The van der Waals surface area contributed by atoms with Crippen molar-refractivity contribution in [3.8, 4) is 33.4 Å². The van der Waals surface area contributed by atoms with Gasteiger partial charge in [0.2, 0.25) is 0 Å². The van der Waals surface area contributed by atoms with Crippen LogP contribution in [-0.2, 0) is 0 Å². The molecule has 10 aromatic carbocycles. The third-order valence-corrected chi connectivity index (χ3v) is 13.0. The highest BCUT2D eigenvalue weighted by atomic mass is 32.1. The topological polar surface area (TPSA) is 16.4 Å². The second-order valence-electron chi connectivity index (χ2n) is 15.3. The number of hydrogen-bond donors (Lipinski definition) is 0. The number of thiophene rings is 1. The normalized spacial score (nSPS) is 11.7. The Bertz CT molecular complexity index is 3540. The lowest BCUT2D eigenvalue weighted by molar-refractivity contribution is 0.669. The van der Waals surface area contributed by atoms with Gasteiger partial charge in [-0.2, -0.15) is 0 Å². The Morgan fingerprint density at radius 2 is 0.932 bits per heavy atom. The van der Waals surface area contributed by atoms with E-state index >= 15 is 0 Å². The maximum Gasteiger partial charge on any atom is 0.136 e. The zero-order valence-corrected chi connectivity index (χ0v) is 32.8. The number of furan rings is 1. The summed E-state index contributed by atoms with van der Waals surface area (Å²) < 4.78 is 9.17. The van der Waals surface area contributed by atoms with Gasteiger partial charge in [0.25, 0.3) is 0 Å². The highest BCUT2D eigenvalue weighted by Crippen LogP contribution is 2.44. The summed E-state index contributed by atoms with van der Waals surface area (Å²) in [5, 5.41) is 9.89. The van der Waals surface area contributed by atoms with Crippen molar-refractivity contribution in [1.82, 2.24) is 0 Å². The average Bonchev–Trinajstić information content (AvgIpc) is 3.87. The fourth-order valence-corrected chi connectivity index (χ4v) is 10.1. The molecule has 0 aliphatic carbocycles. The van der Waals surface area contributed by atoms with Gasteiger partial charge in [0.05, 0.1) is 0 Å². The molecule has 59 heavy (non-hydrogen) atoms. The number of rotatable bonds is 6. The van der Waals surface area contributed by atoms with Crippen molar-refractivity contribution in [1.29, 1.82) is 0 Å². The maximum absolute atomic E-state index is 6.57. The molecule has 0 aliphatic heterocycles. The molecule has 0 saturated carbocycles. The summed E-state index contributed by atoms with van der Waals surface area (Å²) in [5.41, 5.74) is 12.1. The van der Waals surface area contributed by atoms with Crippen LogP contribution in [0.4, 0.5) is 17.1 Å². The molecule has 12 rings (SSSR count). The van der Waals surface area contributed by atoms with Crippen LogP contribution in [-0.4, -0.2) is 0 Å². The Kier molecular flexibility index (Phi) is 7.75. The number of hydrogen-bond acceptors (Lipinski definition) is 3. The highest BCUT2D eigenvalue weighted by Gasteiger charge is 2.19. The van der Waals surface area contributed by atoms with Crippen LogP contribution in [0.5, 0.6) is 0 Å². The average molecular weight is 770 g/mol. The molecule has 0 amide bonds. The lowest BCUT2D eigenvalue weighted by Gasteiger charge is -2.26. The Balaban J connectivity index is 0.990. The molecule has 2 heterocycles. The van der Waals surface area contributed by atoms with E-state index in [9.17, 15) is 0 Å². The molecule has 0 unspecified atom stereocenters. The van der Waals surface area contributed by atoms with Crippen LogP contribution < -0.4 is 4.90 Å². The van der Waals surface area contributed by atoms with E-state index in [-0.39, 0.29) is 0 Å². The molecule has 0 radical (unpaired) electrons. The maximum atomic E-state index is 6.57. The van der Waals surface area contributed by atoms with Crippen molar-refractivity contribution >= 4 is 92.1 Å². The van der Waals surface area contributed by atoms with Gasteiger partial charge in [-0.25, -0.2) is 0 Å². The van der Waals surface area contributed by atoms with E-state index in [2.05, 4.69) is 217 Å². The van der Waals surface area contributed by atoms with Crippen molar-refractivity contribution in [2.24, 2.45) is 0 Å². The number of nitrogens with zero attached hydrogens (tertiary/aromatic N) is 1. The Morgan fingerprint density at radius 3 is 1.75 bits per heavy atom. The van der Waals surface area contributed by atoms with Gasteiger partial charge in [-0.15, -0.1) is 11.3 Å². The van der Waals surface area contributed by atoms with Crippen molar-refractivity contribution in [2.45, 2.75) is 0 Å². The standard InChI is InChI=1S/C56H35NOS/c1-2-9-36(10-3-1)37-21-26-43(27-22-37)57(44-28-23-38(24-29-44)41-20-19-40-18-17-39-11-4-5-12-46(39)50(40)33-41)45-30-32-52-51(35-45)56-47(14-8-15-53(56)58-52)42-25-31-49-48-13-6-7-16-54(48)59-55(49)34-42/h1-35H.